The molecule has 1 fully saturated rings. The molecule has 24 heavy (non-hydrogen) atoms. The van der Waals surface area contributed by atoms with Crippen molar-refractivity contribution in [3.63, 3.8) is 0 Å². The van der Waals surface area contributed by atoms with Crippen molar-refractivity contribution in [1.29, 1.82) is 5.26 Å². The molecule has 0 spiro atoms. The van der Waals surface area contributed by atoms with Gasteiger partial charge >= 0.3 is 0 Å². The molecule has 1 aliphatic rings. The van der Waals surface area contributed by atoms with Crippen LogP contribution in [0.5, 0.6) is 0 Å². The molecule has 0 radical (unpaired) electrons. The van der Waals surface area contributed by atoms with Crippen molar-refractivity contribution in [2.75, 3.05) is 13.1 Å². The lowest BCUT2D eigenvalue weighted by molar-refractivity contribution is 0.0697. The topological polar surface area (TPSA) is 95.9 Å². The van der Waals surface area contributed by atoms with E-state index in [2.05, 4.69) is 15.1 Å². The third-order valence-corrected chi connectivity index (χ3v) is 4.14. The van der Waals surface area contributed by atoms with Crippen LogP contribution >= 0.6 is 0 Å². The van der Waals surface area contributed by atoms with Gasteiger partial charge in [0.1, 0.15) is 11.8 Å². The minimum Gasteiger partial charge on any atom is -0.339 e. The van der Waals surface area contributed by atoms with Gasteiger partial charge in [-0.3, -0.25) is 4.79 Å². The summed E-state index contributed by atoms with van der Waals surface area (Å²) < 4.78 is 5.28. The zero-order valence-corrected chi connectivity index (χ0v) is 13.8. The summed E-state index contributed by atoms with van der Waals surface area (Å²) in [5, 5.41) is 12.9. The maximum absolute atomic E-state index is 12.6. The number of carbonyl (C=O) groups is 1. The van der Waals surface area contributed by atoms with Crippen molar-refractivity contribution >= 4 is 5.91 Å². The van der Waals surface area contributed by atoms with E-state index in [1.165, 1.54) is 6.20 Å². The van der Waals surface area contributed by atoms with E-state index in [0.717, 1.165) is 12.8 Å². The van der Waals surface area contributed by atoms with Gasteiger partial charge in [0.2, 0.25) is 5.89 Å². The molecule has 1 aliphatic heterocycles. The molecule has 1 atom stereocenters. The van der Waals surface area contributed by atoms with E-state index in [0.29, 0.717) is 36.1 Å². The number of amides is 1. The molecule has 2 aromatic heterocycles. The summed E-state index contributed by atoms with van der Waals surface area (Å²) in [4.78, 5) is 22.9. The van der Waals surface area contributed by atoms with Crippen LogP contribution in [0.25, 0.3) is 0 Å². The Hall–Kier alpha value is -2.75. The summed E-state index contributed by atoms with van der Waals surface area (Å²) in [5.74, 6) is 1.44. The molecule has 0 N–H and O–H groups in total. The van der Waals surface area contributed by atoms with Crippen LogP contribution in [0.2, 0.25) is 0 Å². The van der Waals surface area contributed by atoms with Crippen molar-refractivity contribution in [2.45, 2.75) is 38.5 Å². The van der Waals surface area contributed by atoms with Gasteiger partial charge in [-0.05, 0) is 25.0 Å². The molecule has 1 amide bonds. The number of rotatable bonds is 3. The molecule has 3 heterocycles. The van der Waals surface area contributed by atoms with E-state index in [-0.39, 0.29) is 17.7 Å². The number of likely N-dealkylation sites (tertiary alicyclic amines) is 1. The largest absolute Gasteiger partial charge is 0.339 e. The second-order valence-corrected chi connectivity index (χ2v) is 6.28. The highest BCUT2D eigenvalue weighted by molar-refractivity contribution is 5.92. The molecule has 0 aromatic carbocycles. The van der Waals surface area contributed by atoms with E-state index < -0.39 is 0 Å². The molecule has 0 aliphatic carbocycles. The quantitative estimate of drug-likeness (QED) is 0.860. The SMILES string of the molecule is CC(C)c1nc([C@H]2CCCN(C(=O)c3ccc(C#N)cn3)C2)no1. The molecular formula is C17H19N5O2. The minimum atomic E-state index is -0.128. The Morgan fingerprint density at radius 1 is 1.46 bits per heavy atom. The smallest absolute Gasteiger partial charge is 0.272 e. The van der Waals surface area contributed by atoms with Crippen LogP contribution in [0.4, 0.5) is 0 Å². The van der Waals surface area contributed by atoms with Crippen LogP contribution in [0, 0.1) is 11.3 Å². The number of nitrogens with zero attached hydrogens (tertiary/aromatic N) is 5. The van der Waals surface area contributed by atoms with Gasteiger partial charge in [-0.15, -0.1) is 0 Å². The van der Waals surface area contributed by atoms with Crippen LogP contribution in [-0.4, -0.2) is 39.0 Å². The average molecular weight is 325 g/mol. The molecule has 0 saturated carbocycles. The second-order valence-electron chi connectivity index (χ2n) is 6.28. The monoisotopic (exact) mass is 325 g/mol. The van der Waals surface area contributed by atoms with Gasteiger partial charge in [0.15, 0.2) is 5.82 Å². The number of hydrogen-bond acceptors (Lipinski definition) is 6. The van der Waals surface area contributed by atoms with E-state index in [4.69, 9.17) is 9.78 Å². The first-order valence-electron chi connectivity index (χ1n) is 8.07. The van der Waals surface area contributed by atoms with Crippen molar-refractivity contribution < 1.29 is 9.32 Å². The van der Waals surface area contributed by atoms with E-state index in [9.17, 15) is 4.79 Å². The normalized spacial score (nSPS) is 17.8. The summed E-state index contributed by atoms with van der Waals surface area (Å²) in [6.07, 6.45) is 3.24. The minimum absolute atomic E-state index is 0.0809. The Balaban J connectivity index is 1.72. The standard InChI is InChI=1S/C17H19N5O2/c1-11(2)16-20-15(21-24-16)13-4-3-7-22(10-13)17(23)14-6-5-12(8-18)9-19-14/h5-6,9,11,13H,3-4,7,10H2,1-2H3/t13-/m0/s1. The molecule has 3 rings (SSSR count). The zero-order valence-electron chi connectivity index (χ0n) is 13.8. The first-order chi connectivity index (χ1) is 11.6. The maximum atomic E-state index is 12.6. The van der Waals surface area contributed by atoms with Gasteiger partial charge < -0.3 is 9.42 Å². The number of piperidine rings is 1. The van der Waals surface area contributed by atoms with E-state index >= 15 is 0 Å². The Morgan fingerprint density at radius 3 is 2.92 bits per heavy atom. The predicted octanol–water partition coefficient (Wildman–Crippen LogP) is 2.48. The van der Waals surface area contributed by atoms with E-state index in [1.54, 1.807) is 17.0 Å². The van der Waals surface area contributed by atoms with Gasteiger partial charge in [0.05, 0.1) is 5.56 Å². The molecule has 7 nitrogen and oxygen atoms in total. The number of hydrogen-bond donors (Lipinski definition) is 0. The first kappa shape index (κ1) is 16.1. The van der Waals surface area contributed by atoms with Gasteiger partial charge in [0, 0.05) is 31.1 Å². The number of carbonyl (C=O) groups excluding carboxylic acids is 1. The number of pyridine rings is 1. The van der Waals surface area contributed by atoms with Gasteiger partial charge in [-0.1, -0.05) is 19.0 Å². The van der Waals surface area contributed by atoms with Crippen molar-refractivity contribution in [2.24, 2.45) is 0 Å². The van der Waals surface area contributed by atoms with Crippen LogP contribution in [0.3, 0.4) is 0 Å². The molecule has 1 saturated heterocycles. The van der Waals surface area contributed by atoms with Gasteiger partial charge in [-0.2, -0.15) is 10.2 Å². The summed E-state index contributed by atoms with van der Waals surface area (Å²) in [7, 11) is 0. The highest BCUT2D eigenvalue weighted by Crippen LogP contribution is 2.26. The number of aromatic nitrogens is 3. The van der Waals surface area contributed by atoms with E-state index in [1.807, 2.05) is 19.9 Å². The van der Waals surface area contributed by atoms with Crippen molar-refractivity contribution in [1.82, 2.24) is 20.0 Å². The summed E-state index contributed by atoms with van der Waals surface area (Å²) in [6, 6.07) is 5.20. The maximum Gasteiger partial charge on any atom is 0.272 e. The second kappa shape index (κ2) is 6.79. The highest BCUT2D eigenvalue weighted by Gasteiger charge is 2.29. The Morgan fingerprint density at radius 2 is 2.29 bits per heavy atom. The molecule has 124 valence electrons. The van der Waals surface area contributed by atoms with Crippen LogP contribution in [-0.2, 0) is 0 Å². The third-order valence-electron chi connectivity index (χ3n) is 4.14. The zero-order chi connectivity index (χ0) is 17.1. The van der Waals surface area contributed by atoms with Crippen LogP contribution in [0.1, 0.15) is 66.3 Å². The summed E-state index contributed by atoms with van der Waals surface area (Å²) >= 11 is 0. The first-order valence-corrected chi connectivity index (χ1v) is 8.07. The lowest BCUT2D eigenvalue weighted by atomic mass is 9.97. The van der Waals surface area contributed by atoms with Gasteiger partial charge in [-0.25, -0.2) is 4.98 Å². The van der Waals surface area contributed by atoms with Crippen molar-refractivity contribution in [3.8, 4) is 6.07 Å². The predicted molar refractivity (Wildman–Crippen MR) is 85.2 cm³/mol. The van der Waals surface area contributed by atoms with Crippen molar-refractivity contribution in [3.05, 3.63) is 41.3 Å². The van der Waals surface area contributed by atoms with Crippen LogP contribution < -0.4 is 0 Å². The molecule has 7 heteroatoms. The molecular weight excluding hydrogens is 306 g/mol. The fraction of sp³-hybridized carbons (Fsp3) is 0.471. The third kappa shape index (κ3) is 3.27. The van der Waals surface area contributed by atoms with Crippen LogP contribution in [0.15, 0.2) is 22.9 Å². The summed E-state index contributed by atoms with van der Waals surface area (Å²) in [6.45, 7) is 5.25. The number of nitriles is 1. The fourth-order valence-corrected chi connectivity index (χ4v) is 2.77. The molecule has 0 unspecified atom stereocenters. The Kier molecular flexibility index (Phi) is 4.56. The van der Waals surface area contributed by atoms with Gasteiger partial charge in [0.25, 0.3) is 5.91 Å². The summed E-state index contributed by atoms with van der Waals surface area (Å²) in [5.41, 5.74) is 0.793. The lowest BCUT2D eigenvalue weighted by Crippen LogP contribution is -2.39. The average Bonchev–Trinajstić information content (AvgIpc) is 3.12. The highest BCUT2D eigenvalue weighted by atomic mass is 16.5. The fourth-order valence-electron chi connectivity index (χ4n) is 2.77. The molecule has 0 bridgehead atoms. The Bertz CT molecular complexity index is 760. The molecule has 2 aromatic rings. The lowest BCUT2D eigenvalue weighted by Gasteiger charge is -2.31. The Labute approximate surface area is 140 Å².